The van der Waals surface area contributed by atoms with E-state index in [9.17, 15) is 14.7 Å². The van der Waals surface area contributed by atoms with E-state index in [1.807, 2.05) is 45.0 Å². The number of nitrogens with zero attached hydrogens (tertiary/aromatic N) is 2. The van der Waals surface area contributed by atoms with Crippen molar-refractivity contribution in [3.63, 3.8) is 0 Å². The number of carbonyl (C=O) groups excluding carboxylic acids is 2. The molecule has 3 aromatic carbocycles. The number of hydrogen-bond donors (Lipinski definition) is 1. The van der Waals surface area contributed by atoms with Crippen molar-refractivity contribution in [3.8, 4) is 23.0 Å². The summed E-state index contributed by atoms with van der Waals surface area (Å²) in [5.41, 5.74) is 2.59. The largest absolute Gasteiger partial charge is 0.507 e. The molecule has 0 radical (unpaired) electrons. The molecular weight excluding hydrogens is 592 g/mol. The third kappa shape index (κ3) is 5.82. The van der Waals surface area contributed by atoms with Crippen LogP contribution in [0.5, 0.6) is 23.0 Å². The maximum absolute atomic E-state index is 13.9. The Kier molecular flexibility index (Phi) is 8.67. The van der Waals surface area contributed by atoms with E-state index in [1.165, 1.54) is 16.2 Å². The number of aliphatic hydroxyl groups is 1. The molecule has 2 atom stereocenters. The van der Waals surface area contributed by atoms with E-state index in [1.54, 1.807) is 30.3 Å². The lowest BCUT2D eigenvalue weighted by Crippen LogP contribution is -2.29. The third-order valence-corrected chi connectivity index (χ3v) is 8.84. The molecule has 0 aliphatic carbocycles. The molecule has 234 valence electrons. The lowest BCUT2D eigenvalue weighted by atomic mass is 9.94. The Morgan fingerprint density at radius 3 is 2.60 bits per heavy atom. The number of thiazole rings is 1. The second kappa shape index (κ2) is 12.8. The van der Waals surface area contributed by atoms with Crippen LogP contribution in [0.4, 0.5) is 5.13 Å². The van der Waals surface area contributed by atoms with Crippen LogP contribution in [0, 0.1) is 0 Å². The molecule has 0 spiro atoms. The molecule has 1 aromatic heterocycles. The van der Waals surface area contributed by atoms with E-state index < -0.39 is 17.7 Å². The van der Waals surface area contributed by atoms with Crippen LogP contribution in [-0.4, -0.2) is 47.7 Å². The number of aliphatic hydroxyl groups excluding tert-OH is 1. The second-order valence-corrected chi connectivity index (χ2v) is 12.0. The van der Waals surface area contributed by atoms with E-state index in [4.69, 9.17) is 23.9 Å². The molecule has 6 rings (SSSR count). The first-order chi connectivity index (χ1) is 21.8. The summed E-state index contributed by atoms with van der Waals surface area (Å²) in [5, 5.41) is 12.1. The Morgan fingerprint density at radius 2 is 1.82 bits per heavy atom. The summed E-state index contributed by atoms with van der Waals surface area (Å²) < 4.78 is 24.3. The predicted octanol–water partition coefficient (Wildman–Crippen LogP) is 7.22. The van der Waals surface area contributed by atoms with Crippen LogP contribution >= 0.6 is 11.3 Å². The summed E-state index contributed by atoms with van der Waals surface area (Å²) in [6, 6.07) is 15.2. The number of fused-ring (bicyclic) bond motifs is 2. The van der Waals surface area contributed by atoms with E-state index in [-0.39, 0.29) is 17.4 Å². The SMILES string of the molecule is CCCCOc1ccc([C@H]2C(=C(O)c3ccc4c(c3)C[C@@H](C)O4)C(=O)C(=O)N2c2nc3ccc(OCC)cc3s2)cc1OCC. The van der Waals surface area contributed by atoms with Crippen LogP contribution in [-0.2, 0) is 16.0 Å². The van der Waals surface area contributed by atoms with E-state index >= 15 is 0 Å². The first-order valence-corrected chi connectivity index (χ1v) is 16.2. The monoisotopic (exact) mass is 628 g/mol. The number of ketones is 1. The number of unbranched alkanes of at least 4 members (excludes halogenated alkanes) is 1. The highest BCUT2D eigenvalue weighted by molar-refractivity contribution is 7.22. The van der Waals surface area contributed by atoms with Gasteiger partial charge in [-0.25, -0.2) is 4.98 Å². The van der Waals surface area contributed by atoms with Crippen LogP contribution in [0.2, 0.25) is 0 Å². The van der Waals surface area contributed by atoms with Crippen molar-refractivity contribution in [3.05, 3.63) is 76.9 Å². The van der Waals surface area contributed by atoms with Crippen LogP contribution in [0.1, 0.15) is 63.3 Å². The van der Waals surface area contributed by atoms with Crippen LogP contribution in [0.3, 0.4) is 0 Å². The first kappa shape index (κ1) is 30.5. The Morgan fingerprint density at radius 1 is 1.00 bits per heavy atom. The smallest absolute Gasteiger partial charge is 0.301 e. The fourth-order valence-electron chi connectivity index (χ4n) is 5.73. The van der Waals surface area contributed by atoms with Crippen molar-refractivity contribution in [2.24, 2.45) is 0 Å². The molecule has 1 N–H and O–H groups in total. The van der Waals surface area contributed by atoms with E-state index in [0.717, 1.165) is 28.9 Å². The molecule has 0 unspecified atom stereocenters. The molecule has 4 aromatic rings. The van der Waals surface area contributed by atoms with Gasteiger partial charge in [-0.15, -0.1) is 0 Å². The molecule has 0 saturated carbocycles. The average molecular weight is 629 g/mol. The molecule has 2 aliphatic rings. The summed E-state index contributed by atoms with van der Waals surface area (Å²) in [6.45, 7) is 9.30. The number of rotatable bonds is 11. The minimum Gasteiger partial charge on any atom is -0.507 e. The Labute approximate surface area is 266 Å². The topological polar surface area (TPSA) is 107 Å². The Balaban J connectivity index is 1.50. The van der Waals surface area contributed by atoms with E-state index in [0.29, 0.717) is 65.3 Å². The number of benzene rings is 3. The minimum absolute atomic E-state index is 0.0142. The lowest BCUT2D eigenvalue weighted by molar-refractivity contribution is -0.132. The van der Waals surface area contributed by atoms with Crippen molar-refractivity contribution in [2.75, 3.05) is 24.7 Å². The highest BCUT2D eigenvalue weighted by Crippen LogP contribution is 2.46. The van der Waals surface area contributed by atoms with Crippen molar-refractivity contribution in [1.82, 2.24) is 4.98 Å². The van der Waals surface area contributed by atoms with Gasteiger partial charge >= 0.3 is 5.91 Å². The predicted molar refractivity (Wildman–Crippen MR) is 174 cm³/mol. The molecule has 0 bridgehead atoms. The number of ether oxygens (including phenoxy) is 4. The van der Waals surface area contributed by atoms with E-state index in [2.05, 4.69) is 6.92 Å². The number of anilines is 1. The van der Waals surface area contributed by atoms with Crippen molar-refractivity contribution in [2.45, 2.75) is 59.1 Å². The molecular formula is C35H36N2O7S. The summed E-state index contributed by atoms with van der Waals surface area (Å²) >= 11 is 1.28. The standard InChI is InChI=1S/C35H36N2O7S/c1-5-8-15-43-27-14-9-21(18-28(27)42-7-3)31-30(32(38)22-10-13-26-23(17-22)16-20(4)44-26)33(39)34(40)37(31)35-36-25-12-11-24(41-6-2)19-29(25)45-35/h9-14,17-20,31,38H,5-8,15-16H2,1-4H3/t20-,31+/m1/s1. The number of amides is 1. The summed E-state index contributed by atoms with van der Waals surface area (Å²) in [4.78, 5) is 33.8. The quantitative estimate of drug-likeness (QED) is 0.0803. The van der Waals surface area contributed by atoms with Crippen molar-refractivity contribution in [1.29, 1.82) is 0 Å². The van der Waals surface area contributed by atoms with Crippen molar-refractivity contribution < 1.29 is 33.6 Å². The van der Waals surface area contributed by atoms with Gasteiger partial charge in [0.15, 0.2) is 16.6 Å². The molecule has 45 heavy (non-hydrogen) atoms. The zero-order chi connectivity index (χ0) is 31.7. The Hall–Kier alpha value is -4.57. The normalized spacial score (nSPS) is 18.7. The Bertz CT molecular complexity index is 1800. The van der Waals surface area contributed by atoms with Gasteiger partial charge in [0, 0.05) is 12.0 Å². The molecule has 3 heterocycles. The average Bonchev–Trinajstić information content (AvgIpc) is 3.69. The minimum atomic E-state index is -0.968. The van der Waals surface area contributed by atoms with Gasteiger partial charge in [0.1, 0.15) is 23.4 Å². The van der Waals surface area contributed by atoms with Gasteiger partial charge < -0.3 is 24.1 Å². The molecule has 1 fully saturated rings. The number of hydrogen-bond acceptors (Lipinski definition) is 9. The first-order valence-electron chi connectivity index (χ1n) is 15.4. The fourth-order valence-corrected chi connectivity index (χ4v) is 6.75. The molecule has 1 amide bonds. The van der Waals surface area contributed by atoms with Gasteiger partial charge in [-0.2, -0.15) is 0 Å². The van der Waals surface area contributed by atoms with Crippen LogP contribution < -0.4 is 23.8 Å². The van der Waals surface area contributed by atoms with Crippen LogP contribution in [0.25, 0.3) is 16.0 Å². The summed E-state index contributed by atoms with van der Waals surface area (Å²) in [6.07, 6.45) is 2.57. The van der Waals surface area contributed by atoms with Gasteiger partial charge in [0.2, 0.25) is 0 Å². The molecule has 10 heteroatoms. The van der Waals surface area contributed by atoms with Gasteiger partial charge in [0.25, 0.3) is 5.78 Å². The van der Waals surface area contributed by atoms with Gasteiger partial charge in [-0.3, -0.25) is 14.5 Å². The van der Waals surface area contributed by atoms with Gasteiger partial charge in [-0.05, 0) is 86.8 Å². The van der Waals surface area contributed by atoms with Crippen molar-refractivity contribution >= 4 is 44.1 Å². The number of Topliss-reactive ketones (excluding diaryl/α,β-unsaturated/α-hetero) is 1. The highest BCUT2D eigenvalue weighted by atomic mass is 32.1. The number of carbonyl (C=O) groups is 2. The molecule has 2 aliphatic heterocycles. The third-order valence-electron chi connectivity index (χ3n) is 7.82. The highest BCUT2D eigenvalue weighted by Gasteiger charge is 2.48. The van der Waals surface area contributed by atoms with Gasteiger partial charge in [-0.1, -0.05) is 30.7 Å². The number of aromatic nitrogens is 1. The van der Waals surface area contributed by atoms with Crippen LogP contribution in [0.15, 0.2) is 60.2 Å². The van der Waals surface area contributed by atoms with Gasteiger partial charge in [0.05, 0.1) is 41.7 Å². The summed E-state index contributed by atoms with van der Waals surface area (Å²) in [7, 11) is 0. The lowest BCUT2D eigenvalue weighted by Gasteiger charge is -2.24. The maximum Gasteiger partial charge on any atom is 0.301 e. The zero-order valence-corrected chi connectivity index (χ0v) is 26.6. The second-order valence-electron chi connectivity index (χ2n) is 11.0. The maximum atomic E-state index is 13.9. The summed E-state index contributed by atoms with van der Waals surface area (Å²) in [5.74, 6) is 0.672. The molecule has 1 saturated heterocycles. The fraction of sp³-hybridized carbons (Fsp3) is 0.343. The zero-order valence-electron chi connectivity index (χ0n) is 25.8. The molecule has 9 nitrogen and oxygen atoms in total.